The summed E-state index contributed by atoms with van der Waals surface area (Å²) in [4.78, 5) is 45.2. The van der Waals surface area contributed by atoms with Gasteiger partial charge in [-0.25, -0.2) is 14.8 Å². The number of nitrogens with zero attached hydrogens (tertiary/aromatic N) is 3. The molecule has 1 aromatic rings. The fourth-order valence-corrected chi connectivity index (χ4v) is 3.19. The van der Waals surface area contributed by atoms with Crippen LogP contribution in [0, 0.1) is 0 Å². The number of hydrogen-bond acceptors (Lipinski definition) is 8. The summed E-state index contributed by atoms with van der Waals surface area (Å²) in [5, 5.41) is 1.79. The zero-order valence-electron chi connectivity index (χ0n) is 12.3. The summed E-state index contributed by atoms with van der Waals surface area (Å²) in [6.07, 6.45) is 4.62. The van der Waals surface area contributed by atoms with Crippen molar-refractivity contribution < 1.29 is 19.1 Å². The number of carbonyl (C=O) groups is 3. The minimum absolute atomic E-state index is 0.283. The maximum atomic E-state index is 11.8. The zero-order chi connectivity index (χ0) is 16.4. The Balaban J connectivity index is 1.85. The highest BCUT2D eigenvalue weighted by molar-refractivity contribution is 8.18. The Morgan fingerprint density at radius 2 is 2.35 bits per heavy atom. The molecule has 0 bridgehead atoms. The molecular formula is C14H14N4O4S. The van der Waals surface area contributed by atoms with Crippen LogP contribution in [0.1, 0.15) is 18.5 Å². The molecule has 2 fully saturated rings. The van der Waals surface area contributed by atoms with Gasteiger partial charge in [0, 0.05) is 12.7 Å². The van der Waals surface area contributed by atoms with Gasteiger partial charge < -0.3 is 9.64 Å². The molecule has 1 aromatic heterocycles. The SMILES string of the molecule is COC(=O)C1CCCN1c1nccc(/C=C2/SC(=O)NC2=O)n1. The second-order valence-corrected chi connectivity index (χ2v) is 6.02. The Morgan fingerprint density at radius 1 is 1.52 bits per heavy atom. The highest BCUT2D eigenvalue weighted by Gasteiger charge is 2.33. The van der Waals surface area contributed by atoms with Gasteiger partial charge in [0.05, 0.1) is 17.7 Å². The van der Waals surface area contributed by atoms with Crippen molar-refractivity contribution in [2.75, 3.05) is 18.6 Å². The molecule has 3 heterocycles. The number of ether oxygens (including phenoxy) is 1. The molecule has 8 nitrogen and oxygen atoms in total. The molecule has 0 aromatic carbocycles. The van der Waals surface area contributed by atoms with E-state index in [1.54, 1.807) is 17.2 Å². The number of carbonyl (C=O) groups excluding carboxylic acids is 3. The van der Waals surface area contributed by atoms with Crippen LogP contribution in [0.25, 0.3) is 6.08 Å². The van der Waals surface area contributed by atoms with Gasteiger partial charge in [-0.05, 0) is 36.7 Å². The standard InChI is InChI=1S/C14H14N4O4S/c1-22-12(20)9-3-2-6-18(9)13-15-5-4-8(16-13)7-10-11(19)17-14(21)23-10/h4-5,7,9H,2-3,6H2,1H3,(H,17,19,21)/b10-7+. The van der Waals surface area contributed by atoms with Gasteiger partial charge in [0.1, 0.15) is 6.04 Å². The minimum Gasteiger partial charge on any atom is -0.467 e. The van der Waals surface area contributed by atoms with Crippen molar-refractivity contribution in [2.24, 2.45) is 0 Å². The van der Waals surface area contributed by atoms with Gasteiger partial charge in [-0.3, -0.25) is 14.9 Å². The highest BCUT2D eigenvalue weighted by Crippen LogP contribution is 2.26. The van der Waals surface area contributed by atoms with Crippen molar-refractivity contribution >= 4 is 40.9 Å². The number of hydrogen-bond donors (Lipinski definition) is 1. The third kappa shape index (κ3) is 3.19. The van der Waals surface area contributed by atoms with E-state index in [4.69, 9.17) is 4.74 Å². The molecule has 0 spiro atoms. The van der Waals surface area contributed by atoms with Gasteiger partial charge in [-0.1, -0.05) is 0 Å². The lowest BCUT2D eigenvalue weighted by Crippen LogP contribution is -2.38. The highest BCUT2D eigenvalue weighted by atomic mass is 32.2. The number of rotatable bonds is 3. The third-order valence-electron chi connectivity index (χ3n) is 3.57. The van der Waals surface area contributed by atoms with Gasteiger partial charge in [0.25, 0.3) is 11.1 Å². The Morgan fingerprint density at radius 3 is 3.04 bits per heavy atom. The van der Waals surface area contributed by atoms with Crippen LogP contribution in [0.5, 0.6) is 0 Å². The number of imide groups is 1. The van der Waals surface area contributed by atoms with Gasteiger partial charge in [-0.15, -0.1) is 0 Å². The molecule has 9 heteroatoms. The normalized spacial score (nSPS) is 22.6. The number of aromatic nitrogens is 2. The molecule has 1 unspecified atom stereocenters. The number of esters is 1. The van der Waals surface area contributed by atoms with E-state index < -0.39 is 17.2 Å². The van der Waals surface area contributed by atoms with Crippen molar-refractivity contribution in [1.29, 1.82) is 0 Å². The van der Waals surface area contributed by atoms with Crippen LogP contribution in [-0.4, -0.2) is 46.8 Å². The van der Waals surface area contributed by atoms with E-state index in [0.717, 1.165) is 18.2 Å². The molecule has 23 heavy (non-hydrogen) atoms. The summed E-state index contributed by atoms with van der Waals surface area (Å²) in [5.74, 6) is -0.345. The van der Waals surface area contributed by atoms with E-state index in [1.165, 1.54) is 13.2 Å². The Bertz CT molecular complexity index is 706. The molecular weight excluding hydrogens is 320 g/mol. The first-order valence-corrected chi connectivity index (χ1v) is 7.82. The molecule has 0 radical (unpaired) electrons. The number of amides is 2. The van der Waals surface area contributed by atoms with Crippen molar-refractivity contribution in [3.05, 3.63) is 22.9 Å². The lowest BCUT2D eigenvalue weighted by atomic mass is 10.2. The quantitative estimate of drug-likeness (QED) is 0.644. The van der Waals surface area contributed by atoms with Crippen LogP contribution in [-0.2, 0) is 14.3 Å². The number of nitrogens with one attached hydrogen (secondary N) is 1. The molecule has 120 valence electrons. The van der Waals surface area contributed by atoms with Crippen LogP contribution < -0.4 is 10.2 Å². The topological polar surface area (TPSA) is 101 Å². The van der Waals surface area contributed by atoms with Gasteiger partial charge in [0.15, 0.2) is 0 Å². The van der Waals surface area contributed by atoms with Crippen molar-refractivity contribution in [2.45, 2.75) is 18.9 Å². The largest absolute Gasteiger partial charge is 0.467 e. The summed E-state index contributed by atoms with van der Waals surface area (Å²) < 4.78 is 4.81. The molecule has 2 aliphatic heterocycles. The van der Waals surface area contributed by atoms with Crippen LogP contribution in [0.4, 0.5) is 10.7 Å². The average molecular weight is 334 g/mol. The molecule has 2 amide bonds. The number of methoxy groups -OCH3 is 1. The van der Waals surface area contributed by atoms with Crippen molar-refractivity contribution in [3.63, 3.8) is 0 Å². The van der Waals surface area contributed by atoms with Crippen LogP contribution in [0.2, 0.25) is 0 Å². The van der Waals surface area contributed by atoms with Crippen LogP contribution in [0.15, 0.2) is 17.2 Å². The zero-order valence-corrected chi connectivity index (χ0v) is 13.1. The maximum Gasteiger partial charge on any atom is 0.328 e. The van der Waals surface area contributed by atoms with Crippen LogP contribution >= 0.6 is 11.8 Å². The first-order valence-electron chi connectivity index (χ1n) is 7.01. The lowest BCUT2D eigenvalue weighted by Gasteiger charge is -2.22. The minimum atomic E-state index is -0.436. The van der Waals surface area contributed by atoms with Crippen LogP contribution in [0.3, 0.4) is 0 Å². The second-order valence-electron chi connectivity index (χ2n) is 5.01. The number of anilines is 1. The summed E-state index contributed by atoms with van der Waals surface area (Å²) in [6, 6.07) is 1.24. The number of thioether (sulfide) groups is 1. The lowest BCUT2D eigenvalue weighted by molar-refractivity contribution is -0.142. The molecule has 0 aliphatic carbocycles. The first kappa shape index (κ1) is 15.5. The van der Waals surface area contributed by atoms with Gasteiger partial charge >= 0.3 is 5.97 Å². The van der Waals surface area contributed by atoms with Gasteiger partial charge in [0.2, 0.25) is 5.95 Å². The molecule has 2 saturated heterocycles. The molecule has 1 atom stereocenters. The Kier molecular flexibility index (Phi) is 4.28. The van der Waals surface area contributed by atoms with E-state index in [2.05, 4.69) is 15.3 Å². The summed E-state index contributed by atoms with van der Waals surface area (Å²) in [5.41, 5.74) is 0.498. The van der Waals surface area contributed by atoms with E-state index in [0.29, 0.717) is 24.6 Å². The smallest absolute Gasteiger partial charge is 0.328 e. The maximum absolute atomic E-state index is 11.8. The summed E-state index contributed by atoms with van der Waals surface area (Å²) in [6.45, 7) is 0.660. The van der Waals surface area contributed by atoms with E-state index in [9.17, 15) is 14.4 Å². The monoisotopic (exact) mass is 334 g/mol. The predicted molar refractivity (Wildman–Crippen MR) is 83.5 cm³/mol. The Labute approximate surface area is 136 Å². The summed E-state index contributed by atoms with van der Waals surface area (Å²) >= 11 is 0.829. The van der Waals surface area contributed by atoms with E-state index >= 15 is 0 Å². The van der Waals surface area contributed by atoms with Crippen molar-refractivity contribution in [1.82, 2.24) is 15.3 Å². The Hall–Kier alpha value is -2.42. The molecule has 0 saturated carbocycles. The first-order chi connectivity index (χ1) is 11.1. The average Bonchev–Trinajstić information content (AvgIpc) is 3.14. The van der Waals surface area contributed by atoms with E-state index in [1.807, 2.05) is 0 Å². The fourth-order valence-electron chi connectivity index (χ4n) is 2.52. The summed E-state index contributed by atoms with van der Waals surface area (Å²) in [7, 11) is 1.35. The van der Waals surface area contributed by atoms with Gasteiger partial charge in [-0.2, -0.15) is 0 Å². The fraction of sp³-hybridized carbons (Fsp3) is 0.357. The molecule has 3 rings (SSSR count). The van der Waals surface area contributed by atoms with E-state index in [-0.39, 0.29) is 10.9 Å². The molecule has 2 aliphatic rings. The third-order valence-corrected chi connectivity index (χ3v) is 4.38. The van der Waals surface area contributed by atoms with Crippen molar-refractivity contribution in [3.8, 4) is 0 Å². The second kappa shape index (κ2) is 6.37. The predicted octanol–water partition coefficient (Wildman–Crippen LogP) is 0.942. The molecule has 1 N–H and O–H groups in total.